The fourth-order valence-corrected chi connectivity index (χ4v) is 4.43. The number of rotatable bonds is 8. The van der Waals surface area contributed by atoms with Crippen LogP contribution in [0.15, 0.2) is 0 Å². The maximum atomic E-state index is 6.33. The molecule has 4 unspecified atom stereocenters. The van der Waals surface area contributed by atoms with Crippen molar-refractivity contribution in [3.8, 4) is 0 Å². The summed E-state index contributed by atoms with van der Waals surface area (Å²) >= 11 is 0. The first-order valence-electron chi connectivity index (χ1n) is 10.2. The van der Waals surface area contributed by atoms with Gasteiger partial charge < -0.3 is 23.7 Å². The van der Waals surface area contributed by atoms with Crippen molar-refractivity contribution in [3.63, 3.8) is 0 Å². The van der Waals surface area contributed by atoms with Crippen LogP contribution in [0.25, 0.3) is 0 Å². The molecule has 0 saturated carbocycles. The summed E-state index contributed by atoms with van der Waals surface area (Å²) in [6.45, 7) is 9.50. The van der Waals surface area contributed by atoms with Crippen molar-refractivity contribution in [1.82, 2.24) is 0 Å². The van der Waals surface area contributed by atoms with Gasteiger partial charge in [0.15, 0.2) is 0 Å². The average molecular weight is 354 g/mol. The summed E-state index contributed by atoms with van der Waals surface area (Å²) in [5, 5.41) is 0. The Hall–Kier alpha value is -0.200. The van der Waals surface area contributed by atoms with E-state index in [0.29, 0.717) is 12.2 Å². The van der Waals surface area contributed by atoms with Crippen LogP contribution in [0.1, 0.15) is 52.4 Å². The lowest BCUT2D eigenvalue weighted by atomic mass is 9.83. The van der Waals surface area contributed by atoms with Gasteiger partial charge in [0.05, 0.1) is 64.1 Å². The summed E-state index contributed by atoms with van der Waals surface area (Å²) < 4.78 is 29.7. The van der Waals surface area contributed by atoms with Crippen molar-refractivity contribution in [2.24, 2.45) is 10.8 Å². The third-order valence-electron chi connectivity index (χ3n) is 6.94. The highest BCUT2D eigenvalue weighted by Gasteiger charge is 2.44. The van der Waals surface area contributed by atoms with E-state index < -0.39 is 0 Å². The summed E-state index contributed by atoms with van der Waals surface area (Å²) in [6, 6.07) is 0. The van der Waals surface area contributed by atoms with Crippen molar-refractivity contribution in [3.05, 3.63) is 0 Å². The van der Waals surface area contributed by atoms with Gasteiger partial charge in [0.25, 0.3) is 0 Å². The Morgan fingerprint density at radius 3 is 2.04 bits per heavy atom. The van der Waals surface area contributed by atoms with Crippen molar-refractivity contribution in [2.45, 2.75) is 76.8 Å². The third kappa shape index (κ3) is 3.77. The second-order valence-corrected chi connectivity index (χ2v) is 8.82. The molecule has 0 aliphatic carbocycles. The van der Waals surface area contributed by atoms with Crippen LogP contribution in [-0.2, 0) is 23.7 Å². The highest BCUT2D eigenvalue weighted by molar-refractivity contribution is 4.91. The van der Waals surface area contributed by atoms with Gasteiger partial charge in [0, 0.05) is 17.3 Å². The first kappa shape index (κ1) is 18.2. The highest BCUT2D eigenvalue weighted by atomic mass is 16.6. The van der Waals surface area contributed by atoms with Gasteiger partial charge in [-0.05, 0) is 32.1 Å². The van der Waals surface area contributed by atoms with E-state index in [0.717, 1.165) is 78.2 Å². The Labute approximate surface area is 151 Å². The molecule has 5 nitrogen and oxygen atoms in total. The van der Waals surface area contributed by atoms with Crippen LogP contribution in [0.2, 0.25) is 0 Å². The van der Waals surface area contributed by atoms with E-state index in [2.05, 4.69) is 13.8 Å². The smallest absolute Gasteiger partial charge is 0.0865 e. The highest BCUT2D eigenvalue weighted by Crippen LogP contribution is 2.38. The summed E-state index contributed by atoms with van der Waals surface area (Å²) in [6.07, 6.45) is 7.57. The van der Waals surface area contributed by atoms with Gasteiger partial charge in [-0.1, -0.05) is 13.8 Å². The first-order chi connectivity index (χ1) is 12.2. The zero-order valence-corrected chi connectivity index (χ0v) is 15.8. The monoisotopic (exact) mass is 354 g/mol. The number of fused-ring (bicyclic) bond motifs is 2. The van der Waals surface area contributed by atoms with Gasteiger partial charge in [-0.15, -0.1) is 0 Å². The van der Waals surface area contributed by atoms with Gasteiger partial charge in [0.1, 0.15) is 0 Å². The number of hydrogen-bond acceptors (Lipinski definition) is 5. The van der Waals surface area contributed by atoms with Crippen LogP contribution in [0.5, 0.6) is 0 Å². The fourth-order valence-electron chi connectivity index (χ4n) is 4.43. The summed E-state index contributed by atoms with van der Waals surface area (Å²) in [4.78, 5) is 0. The first-order valence-corrected chi connectivity index (χ1v) is 10.2. The van der Waals surface area contributed by atoms with Crippen LogP contribution in [0.4, 0.5) is 0 Å². The van der Waals surface area contributed by atoms with Crippen LogP contribution in [0.3, 0.4) is 0 Å². The predicted octanol–water partition coefficient (Wildman–Crippen LogP) is 2.95. The molecular weight excluding hydrogens is 320 g/mol. The van der Waals surface area contributed by atoms with Crippen LogP contribution < -0.4 is 0 Å². The predicted molar refractivity (Wildman–Crippen MR) is 93.7 cm³/mol. The minimum atomic E-state index is 0.197. The van der Waals surface area contributed by atoms with Crippen LogP contribution in [-0.4, -0.2) is 64.1 Å². The lowest BCUT2D eigenvalue weighted by molar-refractivity contribution is -0.226. The standard InChI is InChI=1S/C20H34O5/c1-3-19(9-21-10-19)13-23-16-7-15-5-6-17(18(8-16)25-15)24-14-20(4-2)11-22-12-20/h15-18H,3-14H2,1-2H3. The molecule has 4 atom stereocenters. The maximum absolute atomic E-state index is 6.33. The van der Waals surface area contributed by atoms with Crippen LogP contribution >= 0.6 is 0 Å². The lowest BCUT2D eigenvalue weighted by Crippen LogP contribution is -2.52. The summed E-state index contributed by atoms with van der Waals surface area (Å²) in [5.74, 6) is 0. The van der Waals surface area contributed by atoms with Crippen LogP contribution in [0, 0.1) is 10.8 Å². The molecule has 25 heavy (non-hydrogen) atoms. The van der Waals surface area contributed by atoms with E-state index in [1.54, 1.807) is 0 Å². The second kappa shape index (κ2) is 7.43. The lowest BCUT2D eigenvalue weighted by Gasteiger charge is -2.47. The molecule has 0 aromatic heterocycles. The molecular formula is C20H34O5. The zero-order chi connectivity index (χ0) is 17.3. The van der Waals surface area contributed by atoms with Gasteiger partial charge in [-0.2, -0.15) is 0 Å². The van der Waals surface area contributed by atoms with E-state index in [1.165, 1.54) is 0 Å². The number of hydrogen-bond donors (Lipinski definition) is 0. The van der Waals surface area contributed by atoms with E-state index >= 15 is 0 Å². The molecule has 0 N–H and O–H groups in total. The van der Waals surface area contributed by atoms with Gasteiger partial charge in [0.2, 0.25) is 0 Å². The van der Waals surface area contributed by atoms with E-state index in [-0.39, 0.29) is 23.0 Å². The van der Waals surface area contributed by atoms with Crippen molar-refractivity contribution >= 4 is 0 Å². The quantitative estimate of drug-likeness (QED) is 0.671. The van der Waals surface area contributed by atoms with E-state index in [1.807, 2.05) is 0 Å². The molecule has 4 fully saturated rings. The molecule has 0 aromatic carbocycles. The van der Waals surface area contributed by atoms with E-state index in [9.17, 15) is 0 Å². The minimum Gasteiger partial charge on any atom is -0.380 e. The Bertz CT molecular complexity index is 434. The normalized spacial score (nSPS) is 38.6. The summed E-state index contributed by atoms with van der Waals surface area (Å²) in [5.41, 5.74) is 0.514. The fraction of sp³-hybridized carbons (Fsp3) is 1.00. The Kier molecular flexibility index (Phi) is 5.40. The largest absolute Gasteiger partial charge is 0.380 e. The van der Waals surface area contributed by atoms with E-state index in [4.69, 9.17) is 23.7 Å². The number of ether oxygens (including phenoxy) is 5. The molecule has 5 heteroatoms. The Balaban J connectivity index is 1.27. The molecule has 4 aliphatic rings. The van der Waals surface area contributed by atoms with Crippen molar-refractivity contribution < 1.29 is 23.7 Å². The molecule has 4 rings (SSSR count). The Morgan fingerprint density at radius 1 is 0.840 bits per heavy atom. The molecule has 0 radical (unpaired) electrons. The van der Waals surface area contributed by atoms with Crippen molar-refractivity contribution in [1.29, 1.82) is 0 Å². The molecule has 4 aliphatic heterocycles. The molecule has 4 saturated heterocycles. The van der Waals surface area contributed by atoms with Crippen molar-refractivity contribution in [2.75, 3.05) is 39.6 Å². The Morgan fingerprint density at radius 2 is 1.48 bits per heavy atom. The molecule has 0 amide bonds. The SMILES string of the molecule is CCC1(COC2CC3CCC(OCC4(CC)COC4)C(C2)O3)COC1. The second-order valence-electron chi connectivity index (χ2n) is 8.82. The molecule has 144 valence electrons. The molecule has 4 heterocycles. The topological polar surface area (TPSA) is 46.2 Å². The zero-order valence-electron chi connectivity index (χ0n) is 15.8. The molecule has 0 spiro atoms. The minimum absolute atomic E-state index is 0.197. The molecule has 0 aromatic rings. The molecule has 2 bridgehead atoms. The average Bonchev–Trinajstić information content (AvgIpc) is 2.55. The van der Waals surface area contributed by atoms with Gasteiger partial charge >= 0.3 is 0 Å². The third-order valence-corrected chi connectivity index (χ3v) is 6.94. The maximum Gasteiger partial charge on any atom is 0.0865 e. The van der Waals surface area contributed by atoms with Gasteiger partial charge in [-0.25, -0.2) is 0 Å². The van der Waals surface area contributed by atoms with Gasteiger partial charge in [-0.3, -0.25) is 0 Å². The summed E-state index contributed by atoms with van der Waals surface area (Å²) in [7, 11) is 0.